The Morgan fingerprint density at radius 3 is 0.863 bits per heavy atom. The van der Waals surface area contributed by atoms with Crippen LogP contribution >= 0.6 is 0 Å². The van der Waals surface area contributed by atoms with E-state index in [9.17, 15) is 14.4 Å². The van der Waals surface area contributed by atoms with Gasteiger partial charge in [-0.3, -0.25) is 14.4 Å². The second kappa shape index (κ2) is 60.6. The maximum Gasteiger partial charge on any atom is 0.306 e. The number of hydrogen-bond acceptors (Lipinski definition) is 6. The van der Waals surface area contributed by atoms with Crippen molar-refractivity contribution in [1.29, 1.82) is 0 Å². The van der Waals surface area contributed by atoms with Crippen molar-refractivity contribution in [3.63, 3.8) is 0 Å². The summed E-state index contributed by atoms with van der Waals surface area (Å²) < 4.78 is 16.7. The summed E-state index contributed by atoms with van der Waals surface area (Å²) >= 11 is 0. The summed E-state index contributed by atoms with van der Waals surface area (Å²) in [7, 11) is 0. The summed E-state index contributed by atoms with van der Waals surface area (Å²) in [5, 5.41) is 0. The first-order valence-electron chi connectivity index (χ1n) is 30.4. The standard InChI is InChI=1S/C67H112O6/c1-4-7-10-13-15-17-19-21-23-25-27-28-29-30-31-32-33-34-35-36-37-38-40-41-43-45-47-49-51-54-57-60-66(69)72-63-64(62-71-65(68)59-56-53-12-9-6-3)73-67(70)61-58-55-52-50-48-46-44-42-39-26-24-22-20-18-16-14-11-8-5-2/h7,10,15-18,21-24,27-28,30-31,33-34,39,42,64H,4-6,8-9,11-14,19-20,25-26,29,32,35-38,40-41,43-63H2,1-3H3/b10-7-,17-15-,18-16-,23-21-,24-22-,28-27-,31-30-,34-33-,42-39-. The van der Waals surface area contributed by atoms with Crippen molar-refractivity contribution in [3.05, 3.63) is 109 Å². The third kappa shape index (κ3) is 58.8. The van der Waals surface area contributed by atoms with E-state index in [1.54, 1.807) is 0 Å². The van der Waals surface area contributed by atoms with Crippen LogP contribution in [0.25, 0.3) is 0 Å². The Kier molecular flexibility index (Phi) is 57.4. The Bertz CT molecular complexity index is 1490. The molecular formula is C67H112O6. The monoisotopic (exact) mass is 1010 g/mol. The highest BCUT2D eigenvalue weighted by Crippen LogP contribution is 2.15. The number of carbonyl (C=O) groups excluding carboxylic acids is 3. The summed E-state index contributed by atoms with van der Waals surface area (Å²) in [5.74, 6) is -0.910. The molecule has 0 radical (unpaired) electrons. The molecule has 1 atom stereocenters. The number of hydrogen-bond donors (Lipinski definition) is 0. The lowest BCUT2D eigenvalue weighted by atomic mass is 10.0. The summed E-state index contributed by atoms with van der Waals surface area (Å²) in [4.78, 5) is 37.9. The summed E-state index contributed by atoms with van der Waals surface area (Å²) in [5.41, 5.74) is 0. The zero-order valence-corrected chi connectivity index (χ0v) is 47.6. The van der Waals surface area contributed by atoms with Gasteiger partial charge in [-0.2, -0.15) is 0 Å². The second-order valence-electron chi connectivity index (χ2n) is 19.9. The second-order valence-corrected chi connectivity index (χ2v) is 19.9. The maximum absolute atomic E-state index is 12.8. The average molecular weight is 1010 g/mol. The van der Waals surface area contributed by atoms with Crippen LogP contribution < -0.4 is 0 Å². The Morgan fingerprint density at radius 1 is 0.288 bits per heavy atom. The van der Waals surface area contributed by atoms with Crippen LogP contribution in [0.3, 0.4) is 0 Å². The molecule has 416 valence electrons. The van der Waals surface area contributed by atoms with Crippen molar-refractivity contribution in [1.82, 2.24) is 0 Å². The van der Waals surface area contributed by atoms with Gasteiger partial charge in [0.1, 0.15) is 13.2 Å². The zero-order chi connectivity index (χ0) is 52.9. The van der Waals surface area contributed by atoms with Crippen molar-refractivity contribution < 1.29 is 28.6 Å². The number of ether oxygens (including phenoxy) is 3. The fourth-order valence-electron chi connectivity index (χ4n) is 8.22. The van der Waals surface area contributed by atoms with Gasteiger partial charge in [0.25, 0.3) is 0 Å². The Balaban J connectivity index is 4.07. The molecule has 0 aromatic rings. The minimum Gasteiger partial charge on any atom is -0.462 e. The minimum absolute atomic E-state index is 0.0842. The summed E-state index contributed by atoms with van der Waals surface area (Å²) in [6.45, 7) is 6.41. The van der Waals surface area contributed by atoms with E-state index in [1.807, 2.05) is 0 Å². The van der Waals surface area contributed by atoms with Crippen LogP contribution in [-0.2, 0) is 28.6 Å². The summed E-state index contributed by atoms with van der Waals surface area (Å²) in [6.07, 6.45) is 82.8. The van der Waals surface area contributed by atoms with Gasteiger partial charge in [0, 0.05) is 19.3 Å². The number of rotatable bonds is 54. The van der Waals surface area contributed by atoms with E-state index in [0.29, 0.717) is 19.3 Å². The third-order valence-corrected chi connectivity index (χ3v) is 12.8. The molecule has 0 saturated carbocycles. The van der Waals surface area contributed by atoms with Gasteiger partial charge in [0.05, 0.1) is 0 Å². The van der Waals surface area contributed by atoms with Crippen LogP contribution in [0.1, 0.15) is 278 Å². The molecule has 0 N–H and O–H groups in total. The lowest BCUT2D eigenvalue weighted by Crippen LogP contribution is -2.30. The topological polar surface area (TPSA) is 78.9 Å². The zero-order valence-electron chi connectivity index (χ0n) is 47.6. The summed E-state index contributed by atoms with van der Waals surface area (Å²) in [6, 6.07) is 0. The molecule has 0 aliphatic heterocycles. The third-order valence-electron chi connectivity index (χ3n) is 12.8. The van der Waals surface area contributed by atoms with Gasteiger partial charge in [-0.1, -0.05) is 259 Å². The average Bonchev–Trinajstić information content (AvgIpc) is 3.39. The van der Waals surface area contributed by atoms with E-state index in [0.717, 1.165) is 128 Å². The van der Waals surface area contributed by atoms with E-state index in [1.165, 1.54) is 109 Å². The highest BCUT2D eigenvalue weighted by atomic mass is 16.6. The number of esters is 3. The van der Waals surface area contributed by atoms with Gasteiger partial charge in [0.2, 0.25) is 0 Å². The van der Waals surface area contributed by atoms with Gasteiger partial charge in [-0.15, -0.1) is 0 Å². The van der Waals surface area contributed by atoms with Crippen LogP contribution in [0, 0.1) is 0 Å². The van der Waals surface area contributed by atoms with Crippen LogP contribution in [0.4, 0.5) is 0 Å². The Hall–Kier alpha value is -3.93. The normalized spacial score (nSPS) is 12.9. The molecule has 6 nitrogen and oxygen atoms in total. The van der Waals surface area contributed by atoms with Crippen LogP contribution in [0.2, 0.25) is 0 Å². The number of carbonyl (C=O) groups is 3. The Morgan fingerprint density at radius 2 is 0.534 bits per heavy atom. The fraction of sp³-hybridized carbons (Fsp3) is 0.687. The van der Waals surface area contributed by atoms with Gasteiger partial charge in [-0.05, 0) is 109 Å². The number of allylic oxidation sites excluding steroid dienone is 18. The van der Waals surface area contributed by atoms with Crippen molar-refractivity contribution in [2.45, 2.75) is 284 Å². The van der Waals surface area contributed by atoms with E-state index in [4.69, 9.17) is 14.2 Å². The molecule has 0 fully saturated rings. The quantitative estimate of drug-likeness (QED) is 0.0261. The van der Waals surface area contributed by atoms with Crippen molar-refractivity contribution in [2.24, 2.45) is 0 Å². The SMILES string of the molecule is CC/C=C\C/C=C\C/C=C\C/C=C\C/C=C\C/C=C\CCCCCCCCCCCCCCC(=O)OCC(COC(=O)CCCCCCC)OC(=O)CCCCCCCC/C=C\C/C=C\C/C=C\CCCCC. The molecule has 0 amide bonds. The van der Waals surface area contributed by atoms with Gasteiger partial charge < -0.3 is 14.2 Å². The predicted octanol–water partition coefficient (Wildman–Crippen LogP) is 20.7. The molecule has 6 heteroatoms. The molecule has 0 aromatic carbocycles. The van der Waals surface area contributed by atoms with Crippen molar-refractivity contribution in [3.8, 4) is 0 Å². The van der Waals surface area contributed by atoms with E-state index in [-0.39, 0.29) is 31.1 Å². The molecule has 0 heterocycles. The first kappa shape index (κ1) is 69.1. The van der Waals surface area contributed by atoms with Crippen LogP contribution in [0.5, 0.6) is 0 Å². The van der Waals surface area contributed by atoms with Gasteiger partial charge in [-0.25, -0.2) is 0 Å². The maximum atomic E-state index is 12.8. The van der Waals surface area contributed by atoms with E-state index in [2.05, 4.69) is 130 Å². The molecule has 0 saturated heterocycles. The van der Waals surface area contributed by atoms with Crippen LogP contribution in [0.15, 0.2) is 109 Å². The lowest BCUT2D eigenvalue weighted by molar-refractivity contribution is -0.167. The highest BCUT2D eigenvalue weighted by Gasteiger charge is 2.19. The first-order valence-corrected chi connectivity index (χ1v) is 30.4. The van der Waals surface area contributed by atoms with Gasteiger partial charge >= 0.3 is 17.9 Å². The lowest BCUT2D eigenvalue weighted by Gasteiger charge is -2.18. The number of unbranched alkanes of at least 4 members (excludes halogenated alkanes) is 25. The van der Waals surface area contributed by atoms with E-state index < -0.39 is 6.10 Å². The van der Waals surface area contributed by atoms with Crippen LogP contribution in [-0.4, -0.2) is 37.2 Å². The molecule has 0 spiro atoms. The molecule has 0 bridgehead atoms. The highest BCUT2D eigenvalue weighted by molar-refractivity contribution is 5.71. The molecular weight excluding hydrogens is 901 g/mol. The molecule has 73 heavy (non-hydrogen) atoms. The minimum atomic E-state index is -0.783. The van der Waals surface area contributed by atoms with Crippen molar-refractivity contribution in [2.75, 3.05) is 13.2 Å². The molecule has 0 aromatic heterocycles. The first-order chi connectivity index (χ1) is 36.0. The smallest absolute Gasteiger partial charge is 0.306 e. The van der Waals surface area contributed by atoms with E-state index >= 15 is 0 Å². The Labute approximate surface area is 450 Å². The predicted molar refractivity (Wildman–Crippen MR) is 316 cm³/mol. The molecule has 1 unspecified atom stereocenters. The van der Waals surface area contributed by atoms with Gasteiger partial charge in [0.15, 0.2) is 6.10 Å². The molecule has 0 rings (SSSR count). The molecule has 0 aliphatic carbocycles. The fourth-order valence-corrected chi connectivity index (χ4v) is 8.22. The molecule has 0 aliphatic rings. The largest absolute Gasteiger partial charge is 0.462 e. The van der Waals surface area contributed by atoms with Crippen molar-refractivity contribution >= 4 is 17.9 Å².